The van der Waals surface area contributed by atoms with Gasteiger partial charge in [-0.25, -0.2) is 0 Å². The lowest BCUT2D eigenvalue weighted by molar-refractivity contribution is -0.139. The van der Waals surface area contributed by atoms with Crippen LogP contribution in [0.2, 0.25) is 0 Å². The van der Waals surface area contributed by atoms with E-state index in [9.17, 15) is 5.11 Å². The van der Waals surface area contributed by atoms with Crippen molar-refractivity contribution in [3.8, 4) is 0 Å². The summed E-state index contributed by atoms with van der Waals surface area (Å²) in [5.41, 5.74) is 0.0591. The highest BCUT2D eigenvalue weighted by Gasteiger charge is 2.48. The molecule has 4 saturated carbocycles. The molecule has 0 saturated heterocycles. The Morgan fingerprint density at radius 3 is 2.10 bits per heavy atom. The van der Waals surface area contributed by atoms with Crippen molar-refractivity contribution in [3.05, 3.63) is 0 Å². The lowest BCUT2D eigenvalue weighted by Crippen LogP contribution is -2.50. The van der Waals surface area contributed by atoms with Crippen LogP contribution in [0.3, 0.4) is 0 Å². The summed E-state index contributed by atoms with van der Waals surface area (Å²) in [6.45, 7) is 7.49. The van der Waals surface area contributed by atoms with E-state index in [2.05, 4.69) is 26.1 Å². The summed E-state index contributed by atoms with van der Waals surface area (Å²) in [7, 11) is 0. The topological polar surface area (TPSA) is 41.5 Å². The standard InChI is InChI=1S/C17H31NO2/c1-17(2,3)18-9-15(19)10-20-16-13-5-11-4-12(7-13)8-14(16)6-11/h11-16,18-19H,4-10H2,1-3H3/t11?,12?,13?,14?,15-,16?/m0/s1. The van der Waals surface area contributed by atoms with E-state index >= 15 is 0 Å². The van der Waals surface area contributed by atoms with Crippen molar-refractivity contribution in [2.24, 2.45) is 23.7 Å². The van der Waals surface area contributed by atoms with Crippen molar-refractivity contribution >= 4 is 0 Å². The number of nitrogens with one attached hydrogen (secondary N) is 1. The zero-order valence-electron chi connectivity index (χ0n) is 13.3. The van der Waals surface area contributed by atoms with E-state index in [0.29, 0.717) is 19.3 Å². The molecule has 4 fully saturated rings. The fraction of sp³-hybridized carbons (Fsp3) is 1.00. The van der Waals surface area contributed by atoms with Crippen LogP contribution in [0.4, 0.5) is 0 Å². The first kappa shape index (κ1) is 14.8. The first-order chi connectivity index (χ1) is 9.40. The molecule has 0 aromatic heterocycles. The van der Waals surface area contributed by atoms with Gasteiger partial charge in [-0.15, -0.1) is 0 Å². The molecular formula is C17H31NO2. The Bertz CT molecular complexity index is 308. The molecule has 3 nitrogen and oxygen atoms in total. The molecule has 20 heavy (non-hydrogen) atoms. The molecule has 0 radical (unpaired) electrons. The second-order valence-electron chi connectivity index (χ2n) is 8.51. The van der Waals surface area contributed by atoms with Crippen molar-refractivity contribution in [1.29, 1.82) is 0 Å². The maximum atomic E-state index is 10.1. The quantitative estimate of drug-likeness (QED) is 0.814. The molecule has 4 aliphatic carbocycles. The summed E-state index contributed by atoms with van der Waals surface area (Å²) in [5, 5.41) is 13.4. The molecule has 4 bridgehead atoms. The van der Waals surface area contributed by atoms with Crippen molar-refractivity contribution in [3.63, 3.8) is 0 Å². The zero-order chi connectivity index (χ0) is 14.3. The maximum absolute atomic E-state index is 10.1. The van der Waals surface area contributed by atoms with Crippen LogP contribution >= 0.6 is 0 Å². The summed E-state index contributed by atoms with van der Waals surface area (Å²) in [4.78, 5) is 0. The highest BCUT2D eigenvalue weighted by Crippen LogP contribution is 2.54. The number of ether oxygens (including phenoxy) is 1. The van der Waals surface area contributed by atoms with Crippen molar-refractivity contribution in [2.75, 3.05) is 13.2 Å². The van der Waals surface area contributed by atoms with Crippen LogP contribution < -0.4 is 5.32 Å². The Balaban J connectivity index is 1.44. The minimum atomic E-state index is -0.383. The summed E-state index contributed by atoms with van der Waals surface area (Å²) < 4.78 is 6.16. The predicted molar refractivity (Wildman–Crippen MR) is 80.5 cm³/mol. The van der Waals surface area contributed by atoms with E-state index in [1.807, 2.05) is 0 Å². The molecule has 0 aromatic carbocycles. The molecule has 4 aliphatic rings. The van der Waals surface area contributed by atoms with Crippen LogP contribution in [0.1, 0.15) is 52.9 Å². The number of aliphatic hydroxyl groups excluding tert-OH is 1. The molecule has 2 N–H and O–H groups in total. The van der Waals surface area contributed by atoms with Crippen LogP contribution in [0.15, 0.2) is 0 Å². The molecule has 0 aliphatic heterocycles. The lowest BCUT2D eigenvalue weighted by Gasteiger charge is -2.54. The van der Waals surface area contributed by atoms with Crippen molar-refractivity contribution < 1.29 is 9.84 Å². The average Bonchev–Trinajstić information content (AvgIpc) is 2.34. The molecule has 0 amide bonds. The van der Waals surface area contributed by atoms with Gasteiger partial charge >= 0.3 is 0 Å². The van der Waals surface area contributed by atoms with Gasteiger partial charge in [0.05, 0.1) is 18.8 Å². The van der Waals surface area contributed by atoms with Gasteiger partial charge in [-0.1, -0.05) is 0 Å². The summed E-state index contributed by atoms with van der Waals surface area (Å²) in [6.07, 6.45) is 7.07. The number of hydrogen-bond acceptors (Lipinski definition) is 3. The number of rotatable bonds is 5. The summed E-state index contributed by atoms with van der Waals surface area (Å²) >= 11 is 0. The summed E-state index contributed by atoms with van der Waals surface area (Å²) in [5.74, 6) is 3.55. The van der Waals surface area contributed by atoms with E-state index in [1.165, 1.54) is 32.1 Å². The molecule has 1 atom stereocenters. The normalized spacial score (nSPS) is 41.1. The third-order valence-corrected chi connectivity index (χ3v) is 5.49. The van der Waals surface area contributed by atoms with Gasteiger partial charge in [0, 0.05) is 12.1 Å². The number of aliphatic hydroxyl groups is 1. The van der Waals surface area contributed by atoms with Gasteiger partial charge in [0.15, 0.2) is 0 Å². The molecule has 0 aromatic rings. The second-order valence-corrected chi connectivity index (χ2v) is 8.51. The Morgan fingerprint density at radius 2 is 1.60 bits per heavy atom. The van der Waals surface area contributed by atoms with E-state index in [-0.39, 0.29) is 11.6 Å². The van der Waals surface area contributed by atoms with Gasteiger partial charge in [-0.2, -0.15) is 0 Å². The SMILES string of the molecule is CC(C)(C)NC[C@H](O)COC1C2CC3CC(C2)CC1C3. The Labute approximate surface area is 123 Å². The third kappa shape index (κ3) is 3.37. The molecule has 116 valence electrons. The Morgan fingerprint density at radius 1 is 1.05 bits per heavy atom. The van der Waals surface area contributed by atoms with E-state index in [4.69, 9.17) is 4.74 Å². The van der Waals surface area contributed by atoms with Gasteiger partial charge in [0.2, 0.25) is 0 Å². The largest absolute Gasteiger partial charge is 0.389 e. The average molecular weight is 281 g/mol. The van der Waals surface area contributed by atoms with Gasteiger partial charge in [-0.3, -0.25) is 0 Å². The van der Waals surface area contributed by atoms with Gasteiger partial charge in [-0.05, 0) is 76.5 Å². The second kappa shape index (κ2) is 5.58. The third-order valence-electron chi connectivity index (χ3n) is 5.49. The van der Waals surface area contributed by atoms with Crippen LogP contribution in [0.5, 0.6) is 0 Å². The lowest BCUT2D eigenvalue weighted by atomic mass is 9.55. The van der Waals surface area contributed by atoms with E-state index in [0.717, 1.165) is 23.7 Å². The highest BCUT2D eigenvalue weighted by molar-refractivity contribution is 4.99. The van der Waals surface area contributed by atoms with Crippen LogP contribution in [0, 0.1) is 23.7 Å². The maximum Gasteiger partial charge on any atom is 0.0898 e. The molecule has 4 rings (SSSR count). The van der Waals surface area contributed by atoms with Crippen LogP contribution in [-0.4, -0.2) is 36.0 Å². The highest BCUT2D eigenvalue weighted by atomic mass is 16.5. The summed E-state index contributed by atoms with van der Waals surface area (Å²) in [6, 6.07) is 0. The number of hydrogen-bond donors (Lipinski definition) is 2. The Hall–Kier alpha value is -0.120. The fourth-order valence-corrected chi connectivity index (χ4v) is 4.85. The first-order valence-corrected chi connectivity index (χ1v) is 8.45. The van der Waals surface area contributed by atoms with Crippen LogP contribution in [-0.2, 0) is 4.74 Å². The fourth-order valence-electron chi connectivity index (χ4n) is 4.85. The molecule has 0 spiro atoms. The van der Waals surface area contributed by atoms with Gasteiger partial charge < -0.3 is 15.2 Å². The first-order valence-electron chi connectivity index (χ1n) is 8.45. The van der Waals surface area contributed by atoms with E-state index in [1.54, 1.807) is 0 Å². The minimum absolute atomic E-state index is 0.0591. The number of β-amino-alcohol motifs (C(OH)–C–C–N with tert-alkyl or cyclic N) is 1. The van der Waals surface area contributed by atoms with Crippen molar-refractivity contribution in [1.82, 2.24) is 5.32 Å². The predicted octanol–water partition coefficient (Wildman–Crippen LogP) is 2.58. The van der Waals surface area contributed by atoms with E-state index < -0.39 is 0 Å². The Kier molecular flexibility index (Phi) is 4.13. The molecular weight excluding hydrogens is 250 g/mol. The van der Waals surface area contributed by atoms with Crippen LogP contribution in [0.25, 0.3) is 0 Å². The smallest absolute Gasteiger partial charge is 0.0898 e. The van der Waals surface area contributed by atoms with Gasteiger partial charge in [0.1, 0.15) is 0 Å². The monoisotopic (exact) mass is 281 g/mol. The molecule has 0 heterocycles. The van der Waals surface area contributed by atoms with Gasteiger partial charge in [0.25, 0.3) is 0 Å². The molecule has 0 unspecified atom stereocenters. The molecule has 3 heteroatoms. The van der Waals surface area contributed by atoms with Crippen molar-refractivity contribution in [2.45, 2.75) is 70.6 Å². The zero-order valence-corrected chi connectivity index (χ0v) is 13.3. The minimum Gasteiger partial charge on any atom is -0.389 e.